The maximum absolute atomic E-state index is 14.4. The topological polar surface area (TPSA) is 54.5 Å². The summed E-state index contributed by atoms with van der Waals surface area (Å²) in [5, 5.41) is 4.18. The van der Waals surface area contributed by atoms with Crippen LogP contribution in [0.5, 0.6) is 5.88 Å². The summed E-state index contributed by atoms with van der Waals surface area (Å²) in [5.41, 5.74) is 0. The van der Waals surface area contributed by atoms with Gasteiger partial charge in [-0.1, -0.05) is 6.07 Å². The Morgan fingerprint density at radius 3 is 3.09 bits per heavy atom. The molecule has 2 unspecified atom stereocenters. The first-order valence-corrected chi connectivity index (χ1v) is 8.74. The van der Waals surface area contributed by atoms with E-state index in [1.54, 1.807) is 18.2 Å². The molecule has 0 radical (unpaired) electrons. The van der Waals surface area contributed by atoms with Crippen molar-refractivity contribution >= 4 is 21.8 Å². The number of fused-ring (bicyclic) bond motifs is 1. The van der Waals surface area contributed by atoms with Gasteiger partial charge in [0.05, 0.1) is 18.2 Å². The van der Waals surface area contributed by atoms with Crippen LogP contribution in [0.15, 0.2) is 29.3 Å². The Kier molecular flexibility index (Phi) is 4.89. The fraction of sp³-hybridized carbons (Fsp3) is 0.438. The molecule has 1 aliphatic heterocycles. The highest BCUT2D eigenvalue weighted by Crippen LogP contribution is 2.31. The van der Waals surface area contributed by atoms with Crippen LogP contribution in [-0.4, -0.2) is 46.3 Å². The Morgan fingerprint density at radius 1 is 1.48 bits per heavy atom. The van der Waals surface area contributed by atoms with Gasteiger partial charge in [-0.3, -0.25) is 0 Å². The van der Waals surface area contributed by atoms with Crippen molar-refractivity contribution in [3.05, 3.63) is 30.2 Å². The maximum Gasteiger partial charge on any atom is 0.221 e. The van der Waals surface area contributed by atoms with Gasteiger partial charge in [-0.15, -0.1) is 0 Å². The Bertz CT molecular complexity index is 741. The maximum atomic E-state index is 14.4. The van der Waals surface area contributed by atoms with E-state index < -0.39 is 16.8 Å². The van der Waals surface area contributed by atoms with Crippen LogP contribution in [0.4, 0.5) is 4.39 Å². The molecule has 1 N–H and O–H groups in total. The zero-order valence-electron chi connectivity index (χ0n) is 13.2. The van der Waals surface area contributed by atoms with Gasteiger partial charge in [0.1, 0.15) is 11.0 Å². The van der Waals surface area contributed by atoms with Gasteiger partial charge in [0.25, 0.3) is 0 Å². The molecule has 1 aromatic heterocycles. The van der Waals surface area contributed by atoms with Crippen LogP contribution in [0, 0.1) is 5.82 Å². The van der Waals surface area contributed by atoms with E-state index in [1.807, 2.05) is 11.2 Å². The summed E-state index contributed by atoms with van der Waals surface area (Å²) in [6.45, 7) is 4.41. The third kappa shape index (κ3) is 3.08. The minimum atomic E-state index is -1.44. The molecule has 0 amide bonds. The van der Waals surface area contributed by atoms with Gasteiger partial charge in [-0.25, -0.2) is 17.9 Å². The van der Waals surface area contributed by atoms with Crippen LogP contribution < -0.4 is 10.1 Å². The summed E-state index contributed by atoms with van der Waals surface area (Å²) >= 11 is 0. The molecule has 1 aliphatic rings. The second kappa shape index (κ2) is 6.90. The van der Waals surface area contributed by atoms with E-state index in [-0.39, 0.29) is 6.04 Å². The Balaban J connectivity index is 2.10. The second-order valence-electron chi connectivity index (χ2n) is 5.59. The van der Waals surface area contributed by atoms with E-state index in [9.17, 15) is 8.60 Å². The Morgan fingerprint density at radius 2 is 2.30 bits per heavy atom. The van der Waals surface area contributed by atoms with Crippen molar-refractivity contribution in [2.75, 3.05) is 26.7 Å². The van der Waals surface area contributed by atoms with Crippen LogP contribution in [0.25, 0.3) is 10.8 Å². The lowest BCUT2D eigenvalue weighted by Crippen LogP contribution is -2.38. The minimum Gasteiger partial charge on any atom is -0.481 e. The summed E-state index contributed by atoms with van der Waals surface area (Å²) in [7, 11) is 0.0558. The third-order valence-electron chi connectivity index (χ3n) is 4.05. The van der Waals surface area contributed by atoms with Crippen LogP contribution in [0.2, 0.25) is 0 Å². The molecule has 3 rings (SSSR count). The van der Waals surface area contributed by atoms with Crippen molar-refractivity contribution in [2.24, 2.45) is 0 Å². The van der Waals surface area contributed by atoms with Crippen LogP contribution >= 0.6 is 0 Å². The largest absolute Gasteiger partial charge is 0.481 e. The molecule has 0 bridgehead atoms. The van der Waals surface area contributed by atoms with Crippen molar-refractivity contribution in [2.45, 2.75) is 24.3 Å². The number of methoxy groups -OCH3 is 1. The van der Waals surface area contributed by atoms with Crippen molar-refractivity contribution in [1.82, 2.24) is 14.6 Å². The number of benzene rings is 1. The highest BCUT2D eigenvalue weighted by molar-refractivity contribution is 7.83. The molecule has 0 aliphatic carbocycles. The number of ether oxygens (including phenoxy) is 1. The normalized spacial score (nSPS) is 21.1. The van der Waals surface area contributed by atoms with E-state index in [0.717, 1.165) is 25.7 Å². The van der Waals surface area contributed by atoms with Crippen molar-refractivity contribution in [3.63, 3.8) is 0 Å². The van der Waals surface area contributed by atoms with E-state index in [2.05, 4.69) is 10.3 Å². The first kappa shape index (κ1) is 16.3. The summed E-state index contributed by atoms with van der Waals surface area (Å²) in [5.74, 6) is -0.142. The van der Waals surface area contributed by atoms with Gasteiger partial charge in [-0.05, 0) is 32.0 Å². The lowest BCUT2D eigenvalue weighted by atomic mass is 10.1. The molecule has 2 heterocycles. The van der Waals surface area contributed by atoms with Gasteiger partial charge < -0.3 is 10.1 Å². The molecule has 7 heteroatoms. The molecule has 1 saturated heterocycles. The van der Waals surface area contributed by atoms with Crippen LogP contribution in [-0.2, 0) is 11.0 Å². The van der Waals surface area contributed by atoms with E-state index in [1.165, 1.54) is 7.11 Å². The number of hydrogen-bond donors (Lipinski definition) is 1. The first-order valence-electron chi connectivity index (χ1n) is 7.64. The summed E-state index contributed by atoms with van der Waals surface area (Å²) < 4.78 is 34.6. The number of rotatable bonds is 3. The standard InChI is InChI=1S/C16H20FN3O2S/c1-11-9-18-7-4-8-20(11)23(21)14-6-3-5-12-15(14)13(17)10-19-16(12)22-2/h3,5-6,10-11,18H,4,7-9H2,1-2H3. The fourth-order valence-electron chi connectivity index (χ4n) is 2.88. The number of nitrogens with zero attached hydrogens (tertiary/aromatic N) is 2. The molecule has 2 atom stereocenters. The van der Waals surface area contributed by atoms with Gasteiger partial charge in [0, 0.05) is 29.9 Å². The van der Waals surface area contributed by atoms with Crippen molar-refractivity contribution in [1.29, 1.82) is 0 Å². The number of pyridine rings is 1. The first-order chi connectivity index (χ1) is 11.1. The van der Waals surface area contributed by atoms with E-state index in [0.29, 0.717) is 28.1 Å². The van der Waals surface area contributed by atoms with E-state index >= 15 is 0 Å². The zero-order valence-corrected chi connectivity index (χ0v) is 14.0. The predicted molar refractivity (Wildman–Crippen MR) is 88.3 cm³/mol. The second-order valence-corrected chi connectivity index (χ2v) is 7.00. The summed E-state index contributed by atoms with van der Waals surface area (Å²) in [4.78, 5) is 4.42. The Labute approximate surface area is 137 Å². The lowest BCUT2D eigenvalue weighted by Gasteiger charge is -2.25. The smallest absolute Gasteiger partial charge is 0.221 e. The average Bonchev–Trinajstić information content (AvgIpc) is 2.78. The third-order valence-corrected chi connectivity index (χ3v) is 5.73. The van der Waals surface area contributed by atoms with Gasteiger partial charge >= 0.3 is 0 Å². The van der Waals surface area contributed by atoms with Crippen molar-refractivity contribution < 1.29 is 13.3 Å². The van der Waals surface area contributed by atoms with Gasteiger partial charge in [0.2, 0.25) is 5.88 Å². The highest BCUT2D eigenvalue weighted by atomic mass is 32.2. The molecule has 1 fully saturated rings. The molecule has 0 spiro atoms. The van der Waals surface area contributed by atoms with Crippen LogP contribution in [0.3, 0.4) is 0 Å². The molecule has 0 saturated carbocycles. The lowest BCUT2D eigenvalue weighted by molar-refractivity contribution is 0.376. The number of halogens is 1. The zero-order chi connectivity index (χ0) is 16.4. The molecule has 1 aromatic carbocycles. The monoisotopic (exact) mass is 337 g/mol. The quantitative estimate of drug-likeness (QED) is 0.932. The summed E-state index contributed by atoms with van der Waals surface area (Å²) in [6, 6.07) is 5.32. The SMILES string of the molecule is COc1ncc(F)c2c(S(=O)N3CCCNCC3C)cccc12. The molecule has 2 aromatic rings. The average molecular weight is 337 g/mol. The Hall–Kier alpha value is -1.57. The molecular weight excluding hydrogens is 317 g/mol. The number of hydrogen-bond acceptors (Lipinski definition) is 4. The summed E-state index contributed by atoms with van der Waals surface area (Å²) in [6.07, 6.45) is 2.03. The molecule has 124 valence electrons. The fourth-order valence-corrected chi connectivity index (χ4v) is 4.41. The highest BCUT2D eigenvalue weighted by Gasteiger charge is 2.25. The molecular formula is C16H20FN3O2S. The number of aromatic nitrogens is 1. The molecule has 5 nitrogen and oxygen atoms in total. The van der Waals surface area contributed by atoms with Gasteiger partial charge in [0.15, 0.2) is 5.82 Å². The van der Waals surface area contributed by atoms with Crippen LogP contribution in [0.1, 0.15) is 13.3 Å². The predicted octanol–water partition coefficient (Wildman–Crippen LogP) is 2.09. The van der Waals surface area contributed by atoms with E-state index in [4.69, 9.17) is 4.74 Å². The van der Waals surface area contributed by atoms with Gasteiger partial charge in [-0.2, -0.15) is 0 Å². The minimum absolute atomic E-state index is 0.111. The number of nitrogens with one attached hydrogen (secondary N) is 1. The van der Waals surface area contributed by atoms with Crippen molar-refractivity contribution in [3.8, 4) is 5.88 Å². The molecule has 23 heavy (non-hydrogen) atoms.